The molecular weight excluding hydrogens is 502 g/mol. The summed E-state index contributed by atoms with van der Waals surface area (Å²) in [4.78, 5) is 11.7. The molecule has 5 heterocycles. The van der Waals surface area contributed by atoms with Crippen LogP contribution in [0.4, 0.5) is 17.2 Å². The number of rotatable bonds is 6. The predicted octanol–water partition coefficient (Wildman–Crippen LogP) is 3.13. The molecule has 1 aromatic carbocycles. The topological polar surface area (TPSA) is 115 Å². The maximum absolute atomic E-state index is 10.3. The molecule has 40 heavy (non-hydrogen) atoms. The number of aliphatic hydroxyl groups is 1. The molecule has 0 spiro atoms. The van der Waals surface area contributed by atoms with Crippen LogP contribution in [0.3, 0.4) is 0 Å². The van der Waals surface area contributed by atoms with E-state index in [0.717, 1.165) is 62.4 Å². The van der Waals surface area contributed by atoms with Crippen molar-refractivity contribution in [2.75, 3.05) is 48.3 Å². The summed E-state index contributed by atoms with van der Waals surface area (Å²) < 4.78 is 0. The highest BCUT2D eigenvalue weighted by atomic mass is 16.3. The molecule has 4 unspecified atom stereocenters. The summed E-state index contributed by atoms with van der Waals surface area (Å²) >= 11 is 0. The lowest BCUT2D eigenvalue weighted by atomic mass is 10.0. The van der Waals surface area contributed by atoms with Gasteiger partial charge in [0.2, 0.25) is 0 Å². The number of fused-ring (bicyclic) bond motifs is 2. The van der Waals surface area contributed by atoms with Gasteiger partial charge in [-0.3, -0.25) is 4.90 Å². The van der Waals surface area contributed by atoms with Gasteiger partial charge in [-0.05, 0) is 61.4 Å². The summed E-state index contributed by atoms with van der Waals surface area (Å²) in [6.07, 6.45) is 6.25. The molecule has 3 fully saturated rings. The second-order valence-corrected chi connectivity index (χ2v) is 11.2. The van der Waals surface area contributed by atoms with Crippen LogP contribution < -0.4 is 15.5 Å². The second kappa shape index (κ2) is 11.3. The molecule has 0 saturated carbocycles. The van der Waals surface area contributed by atoms with Crippen LogP contribution in [0, 0.1) is 17.8 Å². The van der Waals surface area contributed by atoms with Crippen LogP contribution in [0.25, 0.3) is 11.3 Å². The second-order valence-electron chi connectivity index (χ2n) is 11.2. The summed E-state index contributed by atoms with van der Waals surface area (Å²) in [5.74, 6) is 7.80. The van der Waals surface area contributed by atoms with E-state index in [9.17, 15) is 10.2 Å². The van der Waals surface area contributed by atoms with Gasteiger partial charge in [-0.2, -0.15) is 0 Å². The Hall–Kier alpha value is -3.87. The minimum atomic E-state index is 0.174. The maximum Gasteiger partial charge on any atom is 0.169 e. The molecule has 3 saturated heterocycles. The third-order valence-corrected chi connectivity index (χ3v) is 8.75. The Balaban J connectivity index is 1.17. The molecule has 0 radical (unpaired) electrons. The van der Waals surface area contributed by atoms with E-state index in [1.165, 1.54) is 0 Å². The molecule has 6 rings (SSSR count). The molecule has 9 heteroatoms. The van der Waals surface area contributed by atoms with E-state index >= 15 is 0 Å². The van der Waals surface area contributed by atoms with Crippen LogP contribution in [-0.2, 0) is 0 Å². The fraction of sp³-hybridized carbons (Fsp3) is 0.452. The Kier molecular flexibility index (Phi) is 7.46. The SMILES string of the molecule is CCC1CC(CO)N(CC#Cc2cc(N3C4CCC3CN(c3cc(-c5ccccc5O)nnc3N)C4)ccn2)C1. The highest BCUT2D eigenvalue weighted by Crippen LogP contribution is 2.39. The van der Waals surface area contributed by atoms with E-state index < -0.39 is 0 Å². The average Bonchev–Trinajstić information content (AvgIpc) is 3.50. The van der Waals surface area contributed by atoms with Crippen LogP contribution in [0.2, 0.25) is 0 Å². The van der Waals surface area contributed by atoms with Gasteiger partial charge in [0.25, 0.3) is 0 Å². The number of likely N-dealkylation sites (tertiary alicyclic amines) is 1. The number of phenolic OH excluding ortho intramolecular Hbond substituents is 1. The van der Waals surface area contributed by atoms with Gasteiger partial charge in [0.05, 0.1) is 24.5 Å². The molecule has 3 aromatic rings. The number of benzene rings is 1. The fourth-order valence-electron chi connectivity index (χ4n) is 6.64. The van der Waals surface area contributed by atoms with Gasteiger partial charge < -0.3 is 25.7 Å². The lowest BCUT2D eigenvalue weighted by Crippen LogP contribution is -2.54. The third kappa shape index (κ3) is 5.17. The molecule has 3 aliphatic rings. The largest absolute Gasteiger partial charge is 0.507 e. The zero-order valence-electron chi connectivity index (χ0n) is 22.9. The van der Waals surface area contributed by atoms with Gasteiger partial charge in [-0.15, -0.1) is 10.2 Å². The smallest absolute Gasteiger partial charge is 0.169 e. The number of aromatic hydroxyl groups is 1. The quantitative estimate of drug-likeness (QED) is 0.407. The highest BCUT2D eigenvalue weighted by molar-refractivity contribution is 5.74. The Bertz CT molecular complexity index is 1410. The van der Waals surface area contributed by atoms with Crippen molar-refractivity contribution in [3.63, 3.8) is 0 Å². The number of hydrogen-bond donors (Lipinski definition) is 3. The molecule has 3 aliphatic heterocycles. The van der Waals surface area contributed by atoms with Crippen molar-refractivity contribution in [2.24, 2.45) is 5.92 Å². The van der Waals surface area contributed by atoms with Gasteiger partial charge in [-0.1, -0.05) is 31.4 Å². The Labute approximate surface area is 235 Å². The zero-order valence-corrected chi connectivity index (χ0v) is 22.9. The first kappa shape index (κ1) is 26.4. The van der Waals surface area contributed by atoms with Crippen LogP contribution >= 0.6 is 0 Å². The van der Waals surface area contributed by atoms with Crippen LogP contribution in [-0.4, -0.2) is 81.2 Å². The van der Waals surface area contributed by atoms with Crippen molar-refractivity contribution in [3.05, 3.63) is 54.4 Å². The lowest BCUT2D eigenvalue weighted by Gasteiger charge is -2.43. The number of piperazine rings is 1. The molecule has 2 aromatic heterocycles. The number of anilines is 3. The average molecular weight is 540 g/mol. The van der Waals surface area contributed by atoms with Gasteiger partial charge in [0, 0.05) is 55.2 Å². The summed E-state index contributed by atoms with van der Waals surface area (Å²) in [5, 5.41) is 28.5. The van der Waals surface area contributed by atoms with E-state index in [0.29, 0.717) is 41.6 Å². The zero-order chi connectivity index (χ0) is 27.6. The first-order chi connectivity index (χ1) is 19.5. The minimum Gasteiger partial charge on any atom is -0.507 e. The molecule has 208 valence electrons. The monoisotopic (exact) mass is 539 g/mol. The lowest BCUT2D eigenvalue weighted by molar-refractivity contribution is 0.171. The molecule has 0 aliphatic carbocycles. The van der Waals surface area contributed by atoms with Gasteiger partial charge in [-0.25, -0.2) is 4.98 Å². The summed E-state index contributed by atoms with van der Waals surface area (Å²) in [6.45, 7) is 5.72. The molecular formula is C31H37N7O2. The van der Waals surface area contributed by atoms with Crippen LogP contribution in [0.1, 0.15) is 38.3 Å². The third-order valence-electron chi connectivity index (χ3n) is 8.75. The number of para-hydroxylation sites is 1. The van der Waals surface area contributed by atoms with E-state index in [1.54, 1.807) is 12.1 Å². The summed E-state index contributed by atoms with van der Waals surface area (Å²) in [7, 11) is 0. The molecule has 2 bridgehead atoms. The summed E-state index contributed by atoms with van der Waals surface area (Å²) in [5.41, 5.74) is 10.4. The van der Waals surface area contributed by atoms with Gasteiger partial charge >= 0.3 is 0 Å². The van der Waals surface area contributed by atoms with E-state index in [-0.39, 0.29) is 18.4 Å². The van der Waals surface area contributed by atoms with Crippen LogP contribution in [0.15, 0.2) is 48.7 Å². The van der Waals surface area contributed by atoms with E-state index in [2.05, 4.69) is 60.8 Å². The number of pyridine rings is 1. The Morgan fingerprint density at radius 2 is 1.85 bits per heavy atom. The van der Waals surface area contributed by atoms with E-state index in [4.69, 9.17) is 5.73 Å². The van der Waals surface area contributed by atoms with Crippen molar-refractivity contribution in [2.45, 2.75) is 50.7 Å². The van der Waals surface area contributed by atoms with Crippen molar-refractivity contribution in [3.8, 4) is 28.8 Å². The van der Waals surface area contributed by atoms with Crippen molar-refractivity contribution >= 4 is 17.2 Å². The molecule has 4 N–H and O–H groups in total. The van der Waals surface area contributed by atoms with Crippen molar-refractivity contribution in [1.82, 2.24) is 20.1 Å². The number of hydrogen-bond acceptors (Lipinski definition) is 9. The molecule has 9 nitrogen and oxygen atoms in total. The predicted molar refractivity (Wildman–Crippen MR) is 157 cm³/mol. The van der Waals surface area contributed by atoms with Gasteiger partial charge in [0.15, 0.2) is 5.82 Å². The first-order valence-corrected chi connectivity index (χ1v) is 14.3. The number of aliphatic hydroxyl groups excluding tert-OH is 1. The maximum atomic E-state index is 10.3. The number of aromatic nitrogens is 3. The number of nitrogen functional groups attached to an aromatic ring is 1. The molecule has 0 amide bonds. The van der Waals surface area contributed by atoms with Crippen molar-refractivity contribution < 1.29 is 10.2 Å². The minimum absolute atomic E-state index is 0.174. The normalized spacial score (nSPS) is 24.2. The first-order valence-electron chi connectivity index (χ1n) is 14.3. The fourth-order valence-corrected chi connectivity index (χ4v) is 6.64. The molecule has 4 atom stereocenters. The highest BCUT2D eigenvalue weighted by Gasteiger charge is 2.41. The Morgan fingerprint density at radius 3 is 2.60 bits per heavy atom. The number of nitrogens with two attached hydrogens (primary N) is 1. The van der Waals surface area contributed by atoms with Crippen molar-refractivity contribution in [1.29, 1.82) is 0 Å². The standard InChI is InChI=1S/C31H37N7O2/c1-2-21-14-26(20-39)36(17-21)13-5-6-22-15-23(11-12-33-22)38-24-9-10-25(38)19-37(18-24)29-16-28(34-35-31(29)32)27-7-3-4-8-30(27)40/h3-4,7-8,11-12,15-16,21,24-26,39-40H,2,9-10,13-14,17-20H2,1H3,(H2,32,35). The van der Waals surface area contributed by atoms with Gasteiger partial charge in [0.1, 0.15) is 11.4 Å². The Morgan fingerprint density at radius 1 is 1.05 bits per heavy atom. The van der Waals surface area contributed by atoms with E-state index in [1.807, 2.05) is 24.4 Å². The number of phenols is 1. The van der Waals surface area contributed by atoms with Crippen LogP contribution in [0.5, 0.6) is 5.75 Å². The summed E-state index contributed by atoms with van der Waals surface area (Å²) in [6, 6.07) is 14.2. The number of nitrogens with zero attached hydrogens (tertiary/aromatic N) is 6.